The van der Waals surface area contributed by atoms with Gasteiger partial charge in [-0.05, 0) is 30.7 Å². The predicted octanol–water partition coefficient (Wildman–Crippen LogP) is 1.55. The van der Waals surface area contributed by atoms with Crippen molar-refractivity contribution >= 4 is 11.9 Å². The van der Waals surface area contributed by atoms with Gasteiger partial charge in [0.1, 0.15) is 5.75 Å². The molecule has 0 saturated heterocycles. The summed E-state index contributed by atoms with van der Waals surface area (Å²) in [6.45, 7) is 0.696. The van der Waals surface area contributed by atoms with E-state index in [0.29, 0.717) is 24.3 Å². The Hall–Kier alpha value is -2.30. The van der Waals surface area contributed by atoms with Crippen LogP contribution in [0.15, 0.2) is 35.9 Å². The molecule has 0 fully saturated rings. The van der Waals surface area contributed by atoms with E-state index in [0.717, 1.165) is 0 Å². The maximum atomic E-state index is 12.2. The van der Waals surface area contributed by atoms with Gasteiger partial charge in [-0.25, -0.2) is 4.79 Å². The lowest BCUT2D eigenvalue weighted by atomic mass is 10.1. The van der Waals surface area contributed by atoms with Crippen LogP contribution in [0.2, 0.25) is 0 Å². The molecule has 0 aliphatic carbocycles. The molecule has 1 N–H and O–H groups in total. The largest absolute Gasteiger partial charge is 0.497 e. The summed E-state index contributed by atoms with van der Waals surface area (Å²) in [6, 6.07) is 6.79. The monoisotopic (exact) mass is 261 g/mol. The molecule has 5 heteroatoms. The quantitative estimate of drug-likeness (QED) is 0.896. The topological polar surface area (TPSA) is 66.8 Å². The molecule has 0 atom stereocenters. The lowest BCUT2D eigenvalue weighted by Gasteiger charge is -2.26. The zero-order valence-corrected chi connectivity index (χ0v) is 10.6. The van der Waals surface area contributed by atoms with Gasteiger partial charge in [-0.3, -0.25) is 4.79 Å². The highest BCUT2D eigenvalue weighted by Crippen LogP contribution is 2.16. The number of carbonyl (C=O) groups is 2. The third kappa shape index (κ3) is 2.93. The van der Waals surface area contributed by atoms with E-state index in [1.165, 1.54) is 0 Å². The Morgan fingerprint density at radius 3 is 2.53 bits per heavy atom. The average molecular weight is 261 g/mol. The molecule has 2 rings (SSSR count). The fourth-order valence-electron chi connectivity index (χ4n) is 1.99. The molecule has 1 amide bonds. The SMILES string of the molecule is COc1ccc(C(=O)N2CCC=C(C(=O)O)C2)cc1. The van der Waals surface area contributed by atoms with E-state index >= 15 is 0 Å². The van der Waals surface area contributed by atoms with Crippen molar-refractivity contribution in [2.45, 2.75) is 6.42 Å². The van der Waals surface area contributed by atoms with Crippen LogP contribution in [-0.2, 0) is 4.79 Å². The van der Waals surface area contributed by atoms with E-state index in [4.69, 9.17) is 9.84 Å². The minimum absolute atomic E-state index is 0.153. The van der Waals surface area contributed by atoms with Crippen LogP contribution in [0.5, 0.6) is 5.75 Å². The molecule has 0 aromatic heterocycles. The zero-order valence-electron chi connectivity index (χ0n) is 10.6. The van der Waals surface area contributed by atoms with Gasteiger partial charge >= 0.3 is 5.97 Å². The summed E-state index contributed by atoms with van der Waals surface area (Å²) in [5.41, 5.74) is 0.806. The van der Waals surface area contributed by atoms with Gasteiger partial charge in [0.15, 0.2) is 0 Å². The number of carboxylic acid groups (broad SMARTS) is 1. The summed E-state index contributed by atoms with van der Waals surface area (Å²) in [7, 11) is 1.56. The van der Waals surface area contributed by atoms with Crippen LogP contribution < -0.4 is 4.74 Å². The number of amides is 1. The van der Waals surface area contributed by atoms with Crippen LogP contribution in [-0.4, -0.2) is 42.1 Å². The number of hydrogen-bond acceptors (Lipinski definition) is 3. The number of methoxy groups -OCH3 is 1. The minimum Gasteiger partial charge on any atom is -0.497 e. The van der Waals surface area contributed by atoms with Gasteiger partial charge < -0.3 is 14.7 Å². The van der Waals surface area contributed by atoms with Crippen molar-refractivity contribution in [1.82, 2.24) is 4.90 Å². The van der Waals surface area contributed by atoms with Crippen LogP contribution in [0.4, 0.5) is 0 Å². The molecule has 100 valence electrons. The molecule has 19 heavy (non-hydrogen) atoms. The fourth-order valence-corrected chi connectivity index (χ4v) is 1.99. The second kappa shape index (κ2) is 5.56. The van der Waals surface area contributed by atoms with E-state index in [9.17, 15) is 9.59 Å². The Morgan fingerprint density at radius 2 is 1.95 bits per heavy atom. The molecule has 1 aliphatic heterocycles. The molecular formula is C14H15NO4. The van der Waals surface area contributed by atoms with E-state index in [1.54, 1.807) is 42.4 Å². The number of ether oxygens (including phenoxy) is 1. The van der Waals surface area contributed by atoms with Crippen molar-refractivity contribution in [2.24, 2.45) is 0 Å². The van der Waals surface area contributed by atoms with Gasteiger partial charge in [0, 0.05) is 12.1 Å². The Balaban J connectivity index is 2.11. The Morgan fingerprint density at radius 1 is 1.26 bits per heavy atom. The van der Waals surface area contributed by atoms with Gasteiger partial charge in [-0.1, -0.05) is 6.08 Å². The molecule has 0 spiro atoms. The van der Waals surface area contributed by atoms with Crippen LogP contribution >= 0.6 is 0 Å². The number of nitrogens with zero attached hydrogens (tertiary/aromatic N) is 1. The summed E-state index contributed by atoms with van der Waals surface area (Å²) in [5.74, 6) is -0.442. The lowest BCUT2D eigenvalue weighted by Crippen LogP contribution is -2.37. The molecular weight excluding hydrogens is 246 g/mol. The number of hydrogen-bond donors (Lipinski definition) is 1. The summed E-state index contributed by atoms with van der Waals surface area (Å²) in [5, 5.41) is 8.95. The van der Waals surface area contributed by atoms with Crippen LogP contribution in [0.25, 0.3) is 0 Å². The van der Waals surface area contributed by atoms with Gasteiger partial charge in [-0.15, -0.1) is 0 Å². The van der Waals surface area contributed by atoms with Crippen molar-refractivity contribution in [3.8, 4) is 5.75 Å². The number of rotatable bonds is 3. The summed E-state index contributed by atoms with van der Waals surface area (Å²) in [6.07, 6.45) is 2.24. The number of benzene rings is 1. The first kappa shape index (κ1) is 13.1. The first-order chi connectivity index (χ1) is 9.11. The van der Waals surface area contributed by atoms with Crippen molar-refractivity contribution < 1.29 is 19.4 Å². The van der Waals surface area contributed by atoms with Crippen LogP contribution in [0, 0.1) is 0 Å². The molecule has 0 saturated carbocycles. The van der Waals surface area contributed by atoms with Gasteiger partial charge in [0.2, 0.25) is 0 Å². The highest BCUT2D eigenvalue weighted by Gasteiger charge is 2.22. The van der Waals surface area contributed by atoms with E-state index in [1.807, 2.05) is 0 Å². The maximum absolute atomic E-state index is 12.2. The highest BCUT2D eigenvalue weighted by atomic mass is 16.5. The van der Waals surface area contributed by atoms with Gasteiger partial charge in [-0.2, -0.15) is 0 Å². The minimum atomic E-state index is -0.966. The summed E-state index contributed by atoms with van der Waals surface area (Å²) in [4.78, 5) is 24.7. The molecule has 5 nitrogen and oxygen atoms in total. The summed E-state index contributed by atoms with van der Waals surface area (Å²) < 4.78 is 5.03. The number of carboxylic acids is 1. The number of aliphatic carboxylic acids is 1. The molecule has 1 aliphatic rings. The van der Waals surface area contributed by atoms with Crippen molar-refractivity contribution in [1.29, 1.82) is 0 Å². The third-order valence-electron chi connectivity index (χ3n) is 3.05. The fraction of sp³-hybridized carbons (Fsp3) is 0.286. The Kier molecular flexibility index (Phi) is 3.85. The molecule has 0 bridgehead atoms. The van der Waals surface area contributed by atoms with Gasteiger partial charge in [0.05, 0.1) is 19.2 Å². The molecule has 1 aromatic rings. The normalized spacial score (nSPS) is 14.8. The molecule has 1 heterocycles. The molecule has 0 radical (unpaired) electrons. The van der Waals surface area contributed by atoms with E-state index < -0.39 is 5.97 Å². The lowest BCUT2D eigenvalue weighted by molar-refractivity contribution is -0.132. The van der Waals surface area contributed by atoms with Crippen molar-refractivity contribution in [2.75, 3.05) is 20.2 Å². The predicted molar refractivity (Wildman–Crippen MR) is 69.2 cm³/mol. The second-order valence-corrected chi connectivity index (χ2v) is 4.28. The average Bonchev–Trinajstić information content (AvgIpc) is 2.46. The maximum Gasteiger partial charge on any atom is 0.333 e. The first-order valence-corrected chi connectivity index (χ1v) is 5.97. The Labute approximate surface area is 111 Å². The van der Waals surface area contributed by atoms with Crippen molar-refractivity contribution in [3.05, 3.63) is 41.5 Å². The van der Waals surface area contributed by atoms with Crippen LogP contribution in [0.3, 0.4) is 0 Å². The Bertz CT molecular complexity index is 519. The number of carbonyl (C=O) groups excluding carboxylic acids is 1. The summed E-state index contributed by atoms with van der Waals surface area (Å²) >= 11 is 0. The van der Waals surface area contributed by atoms with E-state index in [-0.39, 0.29) is 18.0 Å². The standard InChI is InChI=1S/C14H15NO4/c1-19-12-6-4-10(5-7-12)13(16)15-8-2-3-11(9-15)14(17)18/h3-7H,2,8-9H2,1H3,(H,17,18). The third-order valence-corrected chi connectivity index (χ3v) is 3.05. The molecule has 0 unspecified atom stereocenters. The van der Waals surface area contributed by atoms with Gasteiger partial charge in [0.25, 0.3) is 5.91 Å². The highest BCUT2D eigenvalue weighted by molar-refractivity contribution is 5.96. The van der Waals surface area contributed by atoms with Crippen LogP contribution in [0.1, 0.15) is 16.8 Å². The van der Waals surface area contributed by atoms with Crippen molar-refractivity contribution in [3.63, 3.8) is 0 Å². The second-order valence-electron chi connectivity index (χ2n) is 4.28. The first-order valence-electron chi connectivity index (χ1n) is 5.97. The van der Waals surface area contributed by atoms with E-state index in [2.05, 4.69) is 0 Å². The zero-order chi connectivity index (χ0) is 13.8. The smallest absolute Gasteiger partial charge is 0.333 e. The molecule has 1 aromatic carbocycles.